The molecule has 0 bridgehead atoms. The molecular weight excluding hydrogens is 329 g/mol. The topological polar surface area (TPSA) is 54.5 Å². The lowest BCUT2D eigenvalue weighted by atomic mass is 9.95. The number of hydrogen-bond acceptors (Lipinski definition) is 3. The molecule has 2 aliphatic rings. The van der Waals surface area contributed by atoms with Gasteiger partial charge in [0.25, 0.3) is 0 Å². The van der Waals surface area contributed by atoms with E-state index in [0.717, 1.165) is 12.0 Å². The first-order valence-corrected chi connectivity index (χ1v) is 9.84. The van der Waals surface area contributed by atoms with Crippen LogP contribution in [0.2, 0.25) is 0 Å². The third-order valence-electron chi connectivity index (χ3n) is 5.19. The Morgan fingerprint density at radius 2 is 1.92 bits per heavy atom. The largest absolute Gasteiger partial charge is 0.327 e. The highest BCUT2D eigenvalue weighted by molar-refractivity contribution is 7.91. The SMILES string of the molecule is C#CCN(Cc1ccc(F)cc1)C(=O)[C@@H]1CC12CCS(=O)(=O)CC2. The Balaban J connectivity index is 1.68. The molecule has 4 nitrogen and oxygen atoms in total. The number of halogens is 1. The van der Waals surface area contributed by atoms with Crippen LogP contribution >= 0.6 is 0 Å². The van der Waals surface area contributed by atoms with Crippen molar-refractivity contribution in [3.63, 3.8) is 0 Å². The number of sulfone groups is 1. The lowest BCUT2D eigenvalue weighted by molar-refractivity contribution is -0.133. The van der Waals surface area contributed by atoms with Crippen LogP contribution in [0.25, 0.3) is 0 Å². The van der Waals surface area contributed by atoms with Crippen LogP contribution in [-0.4, -0.2) is 37.3 Å². The average molecular weight is 349 g/mol. The minimum absolute atomic E-state index is 0.0171. The fourth-order valence-electron chi connectivity index (χ4n) is 3.55. The number of terminal acetylenes is 1. The summed E-state index contributed by atoms with van der Waals surface area (Å²) in [5, 5.41) is 0. The molecule has 1 aromatic rings. The zero-order valence-electron chi connectivity index (χ0n) is 13.4. The van der Waals surface area contributed by atoms with Crippen LogP contribution in [0.4, 0.5) is 4.39 Å². The van der Waals surface area contributed by atoms with Crippen LogP contribution < -0.4 is 0 Å². The van der Waals surface area contributed by atoms with Gasteiger partial charge in [-0.05, 0) is 42.4 Å². The monoisotopic (exact) mass is 349 g/mol. The minimum atomic E-state index is -2.94. The predicted octanol–water partition coefficient (Wildman–Crippen LogP) is 2.00. The average Bonchev–Trinajstić information content (AvgIpc) is 3.26. The highest BCUT2D eigenvalue weighted by Gasteiger charge is 2.60. The summed E-state index contributed by atoms with van der Waals surface area (Å²) in [4.78, 5) is 14.4. The summed E-state index contributed by atoms with van der Waals surface area (Å²) in [5.74, 6) is 2.37. The molecule has 0 N–H and O–H groups in total. The fraction of sp³-hybridized carbons (Fsp3) is 0.500. The van der Waals surface area contributed by atoms with E-state index in [2.05, 4.69) is 5.92 Å². The highest BCUT2D eigenvalue weighted by Crippen LogP contribution is 2.60. The Morgan fingerprint density at radius 3 is 2.50 bits per heavy atom. The Kier molecular flexibility index (Phi) is 4.39. The maximum atomic E-state index is 13.0. The number of carbonyl (C=O) groups excluding carboxylic acids is 1. The van der Waals surface area contributed by atoms with Gasteiger partial charge < -0.3 is 4.90 Å². The van der Waals surface area contributed by atoms with Gasteiger partial charge in [0.15, 0.2) is 0 Å². The molecule has 1 aliphatic carbocycles. The number of benzene rings is 1. The van der Waals surface area contributed by atoms with Crippen molar-refractivity contribution in [2.75, 3.05) is 18.1 Å². The molecule has 1 saturated carbocycles. The lowest BCUT2D eigenvalue weighted by Crippen LogP contribution is -2.35. The summed E-state index contributed by atoms with van der Waals surface area (Å²) in [6.45, 7) is 0.537. The predicted molar refractivity (Wildman–Crippen MR) is 89.1 cm³/mol. The Bertz CT molecular complexity index is 765. The van der Waals surface area contributed by atoms with Gasteiger partial charge in [-0.15, -0.1) is 6.42 Å². The standard InChI is InChI=1S/C18H20FNO3S/c1-2-9-20(13-14-3-5-15(19)6-4-14)17(21)16-12-18(16)7-10-24(22,23)11-8-18/h1,3-6,16H,7-13H2/t16-/m0/s1. The van der Waals surface area contributed by atoms with Crippen LogP contribution in [0.5, 0.6) is 0 Å². The quantitative estimate of drug-likeness (QED) is 0.782. The van der Waals surface area contributed by atoms with Gasteiger partial charge >= 0.3 is 0 Å². The summed E-state index contributed by atoms with van der Waals surface area (Å²) >= 11 is 0. The summed E-state index contributed by atoms with van der Waals surface area (Å²) in [6.07, 6.45) is 7.25. The summed E-state index contributed by atoms with van der Waals surface area (Å²) in [6, 6.07) is 6.00. The molecule has 24 heavy (non-hydrogen) atoms. The molecule has 0 unspecified atom stereocenters. The van der Waals surface area contributed by atoms with E-state index in [-0.39, 0.29) is 41.1 Å². The Morgan fingerprint density at radius 1 is 1.29 bits per heavy atom. The second kappa shape index (κ2) is 6.21. The molecule has 0 radical (unpaired) electrons. The van der Waals surface area contributed by atoms with Crippen LogP contribution in [0.15, 0.2) is 24.3 Å². The second-order valence-electron chi connectivity index (χ2n) is 6.80. The first kappa shape index (κ1) is 17.0. The first-order valence-electron chi connectivity index (χ1n) is 8.02. The van der Waals surface area contributed by atoms with E-state index < -0.39 is 9.84 Å². The third kappa shape index (κ3) is 3.46. The zero-order valence-corrected chi connectivity index (χ0v) is 14.2. The van der Waals surface area contributed by atoms with Crippen molar-refractivity contribution >= 4 is 15.7 Å². The molecule has 0 aromatic heterocycles. The van der Waals surface area contributed by atoms with Crippen LogP contribution in [0.3, 0.4) is 0 Å². The van der Waals surface area contributed by atoms with Crippen molar-refractivity contribution in [1.82, 2.24) is 4.90 Å². The van der Waals surface area contributed by atoms with E-state index in [1.807, 2.05) is 0 Å². The van der Waals surface area contributed by atoms with Crippen molar-refractivity contribution < 1.29 is 17.6 Å². The number of amides is 1. The molecule has 6 heteroatoms. The van der Waals surface area contributed by atoms with Gasteiger partial charge in [-0.1, -0.05) is 18.1 Å². The fourth-order valence-corrected chi connectivity index (χ4v) is 5.19. The number of carbonyl (C=O) groups is 1. The number of hydrogen-bond donors (Lipinski definition) is 0. The summed E-state index contributed by atoms with van der Waals surface area (Å²) in [7, 11) is -2.94. The Labute approximate surface area is 142 Å². The minimum Gasteiger partial charge on any atom is -0.327 e. The van der Waals surface area contributed by atoms with Gasteiger partial charge in [0.2, 0.25) is 5.91 Å². The van der Waals surface area contributed by atoms with Gasteiger partial charge in [0.1, 0.15) is 15.7 Å². The first-order chi connectivity index (χ1) is 11.4. The van der Waals surface area contributed by atoms with Crippen molar-refractivity contribution in [1.29, 1.82) is 0 Å². The molecule has 1 aliphatic heterocycles. The van der Waals surface area contributed by atoms with Crippen LogP contribution in [-0.2, 0) is 21.2 Å². The van der Waals surface area contributed by atoms with Crippen LogP contribution in [0.1, 0.15) is 24.8 Å². The lowest BCUT2D eigenvalue weighted by Gasteiger charge is -2.25. The van der Waals surface area contributed by atoms with E-state index in [9.17, 15) is 17.6 Å². The Hall–Kier alpha value is -1.87. The van der Waals surface area contributed by atoms with Gasteiger partial charge in [-0.3, -0.25) is 4.79 Å². The molecule has 1 heterocycles. The van der Waals surface area contributed by atoms with Gasteiger partial charge in [0, 0.05) is 12.5 Å². The molecule has 1 atom stereocenters. The molecule has 128 valence electrons. The molecule has 1 spiro atoms. The second-order valence-corrected chi connectivity index (χ2v) is 9.10. The number of rotatable bonds is 4. The summed E-state index contributed by atoms with van der Waals surface area (Å²) in [5.41, 5.74) is 0.666. The molecule has 1 saturated heterocycles. The van der Waals surface area contributed by atoms with Gasteiger partial charge in [-0.2, -0.15) is 0 Å². The van der Waals surface area contributed by atoms with Crippen molar-refractivity contribution in [3.8, 4) is 12.3 Å². The highest BCUT2D eigenvalue weighted by atomic mass is 32.2. The van der Waals surface area contributed by atoms with Crippen molar-refractivity contribution in [2.24, 2.45) is 11.3 Å². The van der Waals surface area contributed by atoms with E-state index in [4.69, 9.17) is 6.42 Å². The maximum Gasteiger partial charge on any atom is 0.227 e. The van der Waals surface area contributed by atoms with E-state index in [0.29, 0.717) is 19.4 Å². The van der Waals surface area contributed by atoms with E-state index >= 15 is 0 Å². The smallest absolute Gasteiger partial charge is 0.227 e. The maximum absolute atomic E-state index is 13.0. The van der Waals surface area contributed by atoms with Gasteiger partial charge in [0.05, 0.1) is 18.1 Å². The van der Waals surface area contributed by atoms with Crippen LogP contribution in [0, 0.1) is 29.5 Å². The summed E-state index contributed by atoms with van der Waals surface area (Å²) < 4.78 is 36.2. The normalized spacial score (nSPS) is 23.4. The van der Waals surface area contributed by atoms with Crippen molar-refractivity contribution in [2.45, 2.75) is 25.8 Å². The van der Waals surface area contributed by atoms with E-state index in [1.54, 1.807) is 17.0 Å². The zero-order chi connectivity index (χ0) is 17.4. The third-order valence-corrected chi connectivity index (χ3v) is 6.84. The van der Waals surface area contributed by atoms with Gasteiger partial charge in [-0.25, -0.2) is 12.8 Å². The van der Waals surface area contributed by atoms with Crippen molar-refractivity contribution in [3.05, 3.63) is 35.6 Å². The molecule has 3 rings (SSSR count). The van der Waals surface area contributed by atoms with E-state index in [1.165, 1.54) is 12.1 Å². The molecule has 1 aromatic carbocycles. The molecular formula is C18H20FNO3S. The molecule has 2 fully saturated rings. The number of nitrogens with zero attached hydrogens (tertiary/aromatic N) is 1. The molecule has 1 amide bonds.